The first kappa shape index (κ1) is 30.7. The van der Waals surface area contributed by atoms with Crippen LogP contribution < -0.4 is 9.62 Å². The van der Waals surface area contributed by atoms with Crippen molar-refractivity contribution in [3.63, 3.8) is 0 Å². The third kappa shape index (κ3) is 7.54. The number of sulfonamides is 1. The van der Waals surface area contributed by atoms with E-state index in [0.29, 0.717) is 12.1 Å². The van der Waals surface area contributed by atoms with Gasteiger partial charge in [-0.25, -0.2) is 12.8 Å². The van der Waals surface area contributed by atoms with E-state index in [9.17, 15) is 22.4 Å². The zero-order valence-electron chi connectivity index (χ0n) is 23.0. The molecular weight excluding hydrogens is 577 g/mol. The van der Waals surface area contributed by atoms with Crippen LogP contribution in [0.2, 0.25) is 5.02 Å². The van der Waals surface area contributed by atoms with E-state index in [1.54, 1.807) is 37.3 Å². The fourth-order valence-corrected chi connectivity index (χ4v) is 6.26. The standard InChI is InChI=1S/C32H31ClFN3O4S/c1-2-35-32(39)30(21-24-11-5-3-6-12-24)36(22-25-17-19-26(34)20-18-25)31(38)23-37(29-16-10-9-15-28(29)33)42(40,41)27-13-7-4-8-14-27/h3-20,30H,2,21-23H2,1H3,(H,35,39)/t30-/m1/s1. The lowest BCUT2D eigenvalue weighted by Gasteiger charge is -2.34. The number of rotatable bonds is 12. The summed E-state index contributed by atoms with van der Waals surface area (Å²) in [6, 6.07) is 27.9. The molecule has 1 atom stereocenters. The van der Waals surface area contributed by atoms with Crippen molar-refractivity contribution >= 4 is 39.1 Å². The number of hydrogen-bond donors (Lipinski definition) is 1. The van der Waals surface area contributed by atoms with Gasteiger partial charge in [-0.1, -0.05) is 84.4 Å². The minimum Gasteiger partial charge on any atom is -0.355 e. The van der Waals surface area contributed by atoms with Crippen LogP contribution in [0.1, 0.15) is 18.1 Å². The zero-order chi connectivity index (χ0) is 30.1. The largest absolute Gasteiger partial charge is 0.355 e. The maximum absolute atomic E-state index is 14.3. The molecule has 0 bridgehead atoms. The van der Waals surface area contributed by atoms with Crippen LogP contribution in [0.25, 0.3) is 0 Å². The molecule has 0 aliphatic heterocycles. The molecule has 0 aliphatic carbocycles. The van der Waals surface area contributed by atoms with Gasteiger partial charge >= 0.3 is 0 Å². The summed E-state index contributed by atoms with van der Waals surface area (Å²) in [6.07, 6.45) is 0.178. The Labute approximate surface area is 250 Å². The molecule has 0 spiro atoms. The molecule has 0 aromatic heterocycles. The third-order valence-electron chi connectivity index (χ3n) is 6.62. The Morgan fingerprint density at radius 2 is 1.43 bits per heavy atom. The summed E-state index contributed by atoms with van der Waals surface area (Å²) < 4.78 is 42.5. The minimum atomic E-state index is -4.25. The number of carbonyl (C=O) groups is 2. The summed E-state index contributed by atoms with van der Waals surface area (Å²) in [5.74, 6) is -1.47. The second-order valence-corrected chi connectivity index (χ2v) is 11.8. The molecule has 7 nitrogen and oxygen atoms in total. The first-order chi connectivity index (χ1) is 20.2. The summed E-state index contributed by atoms with van der Waals surface area (Å²) >= 11 is 6.45. The van der Waals surface area contributed by atoms with E-state index >= 15 is 0 Å². The number of likely N-dealkylation sites (N-methyl/N-ethyl adjacent to an activating group) is 1. The van der Waals surface area contributed by atoms with E-state index in [-0.39, 0.29) is 28.6 Å². The van der Waals surface area contributed by atoms with Gasteiger partial charge in [-0.05, 0) is 54.4 Å². The molecule has 4 aromatic carbocycles. The molecule has 218 valence electrons. The van der Waals surface area contributed by atoms with Gasteiger partial charge in [0.1, 0.15) is 18.4 Å². The number of para-hydroxylation sites is 1. The number of carbonyl (C=O) groups excluding carboxylic acids is 2. The Balaban J connectivity index is 1.79. The number of benzene rings is 4. The quantitative estimate of drug-likeness (QED) is 0.232. The van der Waals surface area contributed by atoms with Crippen LogP contribution in [0.15, 0.2) is 114 Å². The summed E-state index contributed by atoms with van der Waals surface area (Å²) in [5.41, 5.74) is 1.50. The van der Waals surface area contributed by atoms with Crippen molar-refractivity contribution in [1.29, 1.82) is 0 Å². The van der Waals surface area contributed by atoms with E-state index in [4.69, 9.17) is 11.6 Å². The van der Waals surface area contributed by atoms with Gasteiger partial charge in [-0.3, -0.25) is 13.9 Å². The summed E-state index contributed by atoms with van der Waals surface area (Å²) in [6.45, 7) is 1.41. The normalized spacial score (nSPS) is 11.9. The highest BCUT2D eigenvalue weighted by molar-refractivity contribution is 7.92. The fourth-order valence-electron chi connectivity index (χ4n) is 4.52. The predicted octanol–water partition coefficient (Wildman–Crippen LogP) is 5.45. The minimum absolute atomic E-state index is 0.0210. The number of hydrogen-bond acceptors (Lipinski definition) is 4. The summed E-state index contributed by atoms with van der Waals surface area (Å²) in [4.78, 5) is 29.0. The monoisotopic (exact) mass is 607 g/mol. The highest BCUT2D eigenvalue weighted by Crippen LogP contribution is 2.31. The third-order valence-corrected chi connectivity index (χ3v) is 8.71. The lowest BCUT2D eigenvalue weighted by atomic mass is 10.0. The van der Waals surface area contributed by atoms with Crippen LogP contribution in [0.3, 0.4) is 0 Å². The van der Waals surface area contributed by atoms with Gasteiger partial charge in [0.2, 0.25) is 11.8 Å². The molecule has 0 aliphatic rings. The van der Waals surface area contributed by atoms with E-state index < -0.39 is 40.2 Å². The molecular formula is C32H31ClFN3O4S. The van der Waals surface area contributed by atoms with Crippen LogP contribution in [-0.4, -0.2) is 44.3 Å². The Morgan fingerprint density at radius 1 is 0.833 bits per heavy atom. The number of nitrogens with one attached hydrogen (secondary N) is 1. The zero-order valence-corrected chi connectivity index (χ0v) is 24.6. The van der Waals surface area contributed by atoms with Crippen LogP contribution in [-0.2, 0) is 32.6 Å². The molecule has 1 N–H and O–H groups in total. The predicted molar refractivity (Wildman–Crippen MR) is 162 cm³/mol. The molecule has 10 heteroatoms. The van der Waals surface area contributed by atoms with E-state index in [1.165, 1.54) is 53.4 Å². The van der Waals surface area contributed by atoms with Crippen molar-refractivity contribution in [2.24, 2.45) is 0 Å². The molecule has 2 amide bonds. The number of nitrogens with zero attached hydrogens (tertiary/aromatic N) is 2. The van der Waals surface area contributed by atoms with Crippen LogP contribution in [0.5, 0.6) is 0 Å². The van der Waals surface area contributed by atoms with Gasteiger partial charge in [-0.2, -0.15) is 0 Å². The molecule has 42 heavy (non-hydrogen) atoms. The maximum atomic E-state index is 14.3. The first-order valence-corrected chi connectivity index (χ1v) is 15.2. The molecule has 0 saturated heterocycles. The second-order valence-electron chi connectivity index (χ2n) is 9.52. The van der Waals surface area contributed by atoms with Crippen molar-refractivity contribution in [2.75, 3.05) is 17.4 Å². The number of anilines is 1. The molecule has 0 radical (unpaired) electrons. The number of halogens is 2. The van der Waals surface area contributed by atoms with Crippen LogP contribution >= 0.6 is 11.6 Å². The molecule has 0 heterocycles. The van der Waals surface area contributed by atoms with E-state index in [1.807, 2.05) is 30.3 Å². The Kier molecular flexibility index (Phi) is 10.3. The van der Waals surface area contributed by atoms with Gasteiger partial charge < -0.3 is 10.2 Å². The summed E-state index contributed by atoms with van der Waals surface area (Å²) in [7, 11) is -4.25. The van der Waals surface area contributed by atoms with Gasteiger partial charge in [0.15, 0.2) is 0 Å². The second kappa shape index (κ2) is 14.1. The van der Waals surface area contributed by atoms with Crippen molar-refractivity contribution in [2.45, 2.75) is 30.8 Å². The average Bonchev–Trinajstić information content (AvgIpc) is 3.00. The molecule has 4 rings (SSSR count). The Hall–Kier alpha value is -4.21. The highest BCUT2D eigenvalue weighted by Gasteiger charge is 2.35. The Morgan fingerprint density at radius 3 is 2.05 bits per heavy atom. The molecule has 0 saturated carbocycles. The van der Waals surface area contributed by atoms with E-state index in [2.05, 4.69) is 5.32 Å². The lowest BCUT2D eigenvalue weighted by Crippen LogP contribution is -2.53. The lowest BCUT2D eigenvalue weighted by molar-refractivity contribution is -0.140. The van der Waals surface area contributed by atoms with Crippen LogP contribution in [0, 0.1) is 5.82 Å². The van der Waals surface area contributed by atoms with Gasteiger partial charge in [-0.15, -0.1) is 0 Å². The van der Waals surface area contributed by atoms with Gasteiger partial charge in [0.05, 0.1) is 15.6 Å². The SMILES string of the molecule is CCNC(=O)[C@@H](Cc1ccccc1)N(Cc1ccc(F)cc1)C(=O)CN(c1ccccc1Cl)S(=O)(=O)c1ccccc1. The van der Waals surface area contributed by atoms with Crippen LogP contribution in [0.4, 0.5) is 10.1 Å². The van der Waals surface area contributed by atoms with E-state index in [0.717, 1.165) is 9.87 Å². The summed E-state index contributed by atoms with van der Waals surface area (Å²) in [5, 5.41) is 2.94. The van der Waals surface area contributed by atoms with Gasteiger partial charge in [0, 0.05) is 19.5 Å². The smallest absolute Gasteiger partial charge is 0.264 e. The molecule has 0 fully saturated rings. The molecule has 0 unspecified atom stereocenters. The Bertz CT molecular complexity index is 1600. The average molecular weight is 608 g/mol. The fraction of sp³-hybridized carbons (Fsp3) is 0.188. The maximum Gasteiger partial charge on any atom is 0.264 e. The topological polar surface area (TPSA) is 86.8 Å². The molecule has 4 aromatic rings. The van der Waals surface area contributed by atoms with Crippen molar-refractivity contribution in [3.05, 3.63) is 131 Å². The van der Waals surface area contributed by atoms with Crippen molar-refractivity contribution in [1.82, 2.24) is 10.2 Å². The first-order valence-electron chi connectivity index (χ1n) is 13.4. The van der Waals surface area contributed by atoms with Crippen molar-refractivity contribution in [3.8, 4) is 0 Å². The number of amides is 2. The highest BCUT2D eigenvalue weighted by atomic mass is 35.5. The van der Waals surface area contributed by atoms with Crippen molar-refractivity contribution < 1.29 is 22.4 Å². The van der Waals surface area contributed by atoms with Gasteiger partial charge in [0.25, 0.3) is 10.0 Å².